The van der Waals surface area contributed by atoms with Crippen LogP contribution in [0.4, 0.5) is 30.6 Å². The van der Waals surface area contributed by atoms with Crippen molar-refractivity contribution in [2.24, 2.45) is 0 Å². The maximum atomic E-state index is 12.9. The molecular weight excluding hydrogens is 340 g/mol. The fourth-order valence-electron chi connectivity index (χ4n) is 1.64. The number of benzene rings is 1. The second-order valence-corrected chi connectivity index (χ2v) is 5.03. The van der Waals surface area contributed by atoms with Gasteiger partial charge in [0, 0.05) is 12.6 Å². The van der Waals surface area contributed by atoms with Gasteiger partial charge in [-0.2, -0.15) is 18.2 Å². The number of nitrogens with one attached hydrogen (secondary N) is 2. The Morgan fingerprint density at radius 3 is 2.32 bits per heavy atom. The summed E-state index contributed by atoms with van der Waals surface area (Å²) in [6.45, 7) is 2.11. The van der Waals surface area contributed by atoms with Crippen LogP contribution in [0.3, 0.4) is 0 Å². The summed E-state index contributed by atoms with van der Waals surface area (Å²) in [6, 6.07) is 5.54. The summed E-state index contributed by atoms with van der Waals surface area (Å²) in [4.78, 5) is 7.39. The first-order valence-electron chi connectivity index (χ1n) is 6.22. The van der Waals surface area contributed by atoms with Gasteiger partial charge in [0.25, 0.3) is 0 Å². The molecule has 2 aromatic rings. The average Bonchev–Trinajstić information content (AvgIpc) is 2.42. The lowest BCUT2D eigenvalue weighted by atomic mass is 10.3. The van der Waals surface area contributed by atoms with Crippen LogP contribution in [0, 0.1) is 0 Å². The molecule has 9 heteroatoms. The topological polar surface area (TPSA) is 49.8 Å². The van der Waals surface area contributed by atoms with E-state index in [-0.39, 0.29) is 27.5 Å². The van der Waals surface area contributed by atoms with Crippen molar-refractivity contribution in [2.45, 2.75) is 13.1 Å². The van der Waals surface area contributed by atoms with Crippen LogP contribution in [-0.4, -0.2) is 16.5 Å². The van der Waals surface area contributed by atoms with E-state index >= 15 is 0 Å². The fraction of sp³-hybridized carbons (Fsp3) is 0.231. The van der Waals surface area contributed by atoms with Crippen molar-refractivity contribution >= 4 is 40.7 Å². The van der Waals surface area contributed by atoms with E-state index in [1.54, 1.807) is 25.1 Å². The second kappa shape index (κ2) is 6.58. The Morgan fingerprint density at radius 1 is 1.14 bits per heavy atom. The number of halogens is 5. The molecule has 0 aliphatic heterocycles. The Morgan fingerprint density at radius 2 is 1.77 bits per heavy atom. The molecule has 0 aliphatic carbocycles. The first-order chi connectivity index (χ1) is 10.3. The summed E-state index contributed by atoms with van der Waals surface area (Å²) >= 11 is 12.0. The van der Waals surface area contributed by atoms with Crippen molar-refractivity contribution in [1.82, 2.24) is 9.97 Å². The van der Waals surface area contributed by atoms with Gasteiger partial charge in [-0.15, -0.1) is 0 Å². The van der Waals surface area contributed by atoms with Gasteiger partial charge in [0.15, 0.2) is 5.69 Å². The summed E-state index contributed by atoms with van der Waals surface area (Å²) in [6.07, 6.45) is -4.59. The monoisotopic (exact) mass is 350 g/mol. The minimum Gasteiger partial charge on any atom is -0.354 e. The van der Waals surface area contributed by atoms with Crippen molar-refractivity contribution in [3.8, 4) is 0 Å². The van der Waals surface area contributed by atoms with Gasteiger partial charge < -0.3 is 10.6 Å². The number of rotatable bonds is 4. The summed E-state index contributed by atoms with van der Waals surface area (Å²) in [5, 5.41) is 5.88. The van der Waals surface area contributed by atoms with Gasteiger partial charge in [-0.3, -0.25) is 0 Å². The predicted molar refractivity (Wildman–Crippen MR) is 80.9 cm³/mol. The third-order valence-corrected chi connectivity index (χ3v) is 3.20. The van der Waals surface area contributed by atoms with Crippen LogP contribution < -0.4 is 10.6 Å². The smallest absolute Gasteiger partial charge is 0.354 e. The molecule has 2 N–H and O–H groups in total. The molecule has 0 saturated heterocycles. The van der Waals surface area contributed by atoms with Gasteiger partial charge in [-0.1, -0.05) is 29.3 Å². The van der Waals surface area contributed by atoms with Gasteiger partial charge in [-0.05, 0) is 19.1 Å². The minimum absolute atomic E-state index is 0.0618. The Hall–Kier alpha value is -1.73. The first kappa shape index (κ1) is 16.6. The zero-order chi connectivity index (χ0) is 16.3. The largest absolute Gasteiger partial charge is 0.433 e. The number of alkyl halides is 3. The normalized spacial score (nSPS) is 11.4. The average molecular weight is 351 g/mol. The maximum absolute atomic E-state index is 12.9. The van der Waals surface area contributed by atoms with Crippen molar-refractivity contribution in [3.63, 3.8) is 0 Å². The SMILES string of the molecule is CCNc1nc(Nc2c(Cl)cccc2Cl)cc(C(F)(F)F)n1. The number of anilines is 3. The van der Waals surface area contributed by atoms with E-state index in [1.807, 2.05) is 0 Å². The zero-order valence-electron chi connectivity index (χ0n) is 11.3. The standard InChI is InChI=1S/C13H11Cl2F3N4/c1-2-19-12-20-9(13(16,17)18)6-10(22-12)21-11-7(14)4-3-5-8(11)15/h3-6H,2H2,1H3,(H2,19,20,21,22). The summed E-state index contributed by atoms with van der Waals surface area (Å²) < 4.78 is 38.7. The lowest BCUT2D eigenvalue weighted by Crippen LogP contribution is -2.13. The zero-order valence-corrected chi connectivity index (χ0v) is 12.8. The van der Waals surface area contributed by atoms with Crippen LogP contribution in [0.15, 0.2) is 24.3 Å². The molecule has 0 fully saturated rings. The predicted octanol–water partition coefficient (Wildman–Crippen LogP) is 4.98. The van der Waals surface area contributed by atoms with Crippen LogP contribution >= 0.6 is 23.2 Å². The van der Waals surface area contributed by atoms with Crippen LogP contribution in [-0.2, 0) is 6.18 Å². The van der Waals surface area contributed by atoms with Crippen LogP contribution in [0.5, 0.6) is 0 Å². The van der Waals surface area contributed by atoms with Crippen molar-refractivity contribution < 1.29 is 13.2 Å². The van der Waals surface area contributed by atoms with Gasteiger partial charge in [0.1, 0.15) is 5.82 Å². The molecule has 118 valence electrons. The van der Waals surface area contributed by atoms with Crippen LogP contribution in [0.1, 0.15) is 12.6 Å². The van der Waals surface area contributed by atoms with Crippen molar-refractivity contribution in [3.05, 3.63) is 40.0 Å². The summed E-state index contributed by atoms with van der Waals surface area (Å²) in [7, 11) is 0. The lowest BCUT2D eigenvalue weighted by Gasteiger charge is -2.13. The highest BCUT2D eigenvalue weighted by Crippen LogP contribution is 2.34. The highest BCUT2D eigenvalue weighted by Gasteiger charge is 2.33. The molecule has 0 unspecified atom stereocenters. The molecule has 0 aliphatic rings. The Kier molecular flexibility index (Phi) is 4.97. The first-order valence-corrected chi connectivity index (χ1v) is 6.98. The Balaban J connectivity index is 2.44. The van der Waals surface area contributed by atoms with E-state index in [9.17, 15) is 13.2 Å². The van der Waals surface area contributed by atoms with E-state index < -0.39 is 11.9 Å². The molecule has 22 heavy (non-hydrogen) atoms. The van der Waals surface area contributed by atoms with E-state index in [1.165, 1.54) is 0 Å². The fourth-order valence-corrected chi connectivity index (χ4v) is 2.13. The highest BCUT2D eigenvalue weighted by atomic mass is 35.5. The van der Waals surface area contributed by atoms with E-state index in [0.717, 1.165) is 6.07 Å². The van der Waals surface area contributed by atoms with E-state index in [2.05, 4.69) is 20.6 Å². The molecule has 0 spiro atoms. The number of aromatic nitrogens is 2. The minimum atomic E-state index is -4.59. The second-order valence-electron chi connectivity index (χ2n) is 4.21. The van der Waals surface area contributed by atoms with Crippen molar-refractivity contribution in [2.75, 3.05) is 17.2 Å². The van der Waals surface area contributed by atoms with Crippen molar-refractivity contribution in [1.29, 1.82) is 0 Å². The van der Waals surface area contributed by atoms with Gasteiger partial charge in [0.05, 0.1) is 15.7 Å². The van der Waals surface area contributed by atoms with E-state index in [4.69, 9.17) is 23.2 Å². The van der Waals surface area contributed by atoms with Crippen LogP contribution in [0.2, 0.25) is 10.0 Å². The third kappa shape index (κ3) is 3.92. The molecule has 1 aromatic carbocycles. The molecule has 0 atom stereocenters. The van der Waals surface area contributed by atoms with Crippen LogP contribution in [0.25, 0.3) is 0 Å². The molecule has 2 rings (SSSR count). The molecule has 1 aromatic heterocycles. The summed E-state index contributed by atoms with van der Waals surface area (Å²) in [5.41, 5.74) is -0.788. The molecule has 1 heterocycles. The Bertz CT molecular complexity index is 657. The number of hydrogen-bond acceptors (Lipinski definition) is 4. The van der Waals surface area contributed by atoms with Gasteiger partial charge >= 0.3 is 6.18 Å². The lowest BCUT2D eigenvalue weighted by molar-refractivity contribution is -0.141. The van der Waals surface area contributed by atoms with E-state index in [0.29, 0.717) is 6.54 Å². The Labute approximate surface area is 134 Å². The molecule has 0 amide bonds. The summed E-state index contributed by atoms with van der Waals surface area (Å²) in [5.74, 6) is -0.198. The molecule has 0 radical (unpaired) electrons. The number of para-hydroxylation sites is 1. The third-order valence-electron chi connectivity index (χ3n) is 2.57. The molecule has 0 saturated carbocycles. The highest BCUT2D eigenvalue weighted by molar-refractivity contribution is 6.39. The maximum Gasteiger partial charge on any atom is 0.433 e. The molecule has 4 nitrogen and oxygen atoms in total. The molecule has 0 bridgehead atoms. The number of hydrogen-bond donors (Lipinski definition) is 2. The number of nitrogens with zero attached hydrogens (tertiary/aromatic N) is 2. The van der Waals surface area contributed by atoms with Gasteiger partial charge in [-0.25, -0.2) is 4.98 Å². The quantitative estimate of drug-likeness (QED) is 0.816. The van der Waals surface area contributed by atoms with Gasteiger partial charge in [0.2, 0.25) is 5.95 Å². The molecular formula is C13H11Cl2F3N4.